The lowest BCUT2D eigenvalue weighted by Crippen LogP contribution is -2.19. The molecular weight excluding hydrogens is 352 g/mol. The number of ketones is 1. The van der Waals surface area contributed by atoms with Gasteiger partial charge in [-0.2, -0.15) is 0 Å². The summed E-state index contributed by atoms with van der Waals surface area (Å²) < 4.78 is 0. The third kappa shape index (κ3) is 5.00. The Balaban J connectivity index is 2.07. The van der Waals surface area contributed by atoms with Crippen molar-refractivity contribution in [3.63, 3.8) is 0 Å². The Morgan fingerprint density at radius 1 is 0.931 bits per heavy atom. The second kappa shape index (κ2) is 8.86. The van der Waals surface area contributed by atoms with Gasteiger partial charge in [-0.25, -0.2) is 0 Å². The number of rotatable bonds is 4. The van der Waals surface area contributed by atoms with Crippen LogP contribution in [0.2, 0.25) is 0 Å². The topological polar surface area (TPSA) is 17.1 Å². The fourth-order valence-electron chi connectivity index (χ4n) is 4.83. The second-order valence-electron chi connectivity index (χ2n) is 10.4. The van der Waals surface area contributed by atoms with E-state index >= 15 is 0 Å². The molecule has 0 bridgehead atoms. The highest BCUT2D eigenvalue weighted by molar-refractivity contribution is 6.11. The van der Waals surface area contributed by atoms with Crippen LogP contribution in [0.1, 0.15) is 118 Å². The molecule has 2 atom stereocenters. The largest absolute Gasteiger partial charge is 0.289 e. The van der Waals surface area contributed by atoms with Gasteiger partial charge in [0.25, 0.3) is 0 Å². The summed E-state index contributed by atoms with van der Waals surface area (Å²) in [5.41, 5.74) is 5.37. The lowest BCUT2D eigenvalue weighted by Gasteiger charge is -2.25. The zero-order valence-corrected chi connectivity index (χ0v) is 19.2. The SMILES string of the molecule is CC1CCCC(c2ccc(C(C)(C)C)c(C(=O)c3ccccc3C(C)C)c2)CC1. The summed E-state index contributed by atoms with van der Waals surface area (Å²) in [6.07, 6.45) is 6.42. The maximum atomic E-state index is 13.8. The maximum absolute atomic E-state index is 13.8. The second-order valence-corrected chi connectivity index (χ2v) is 10.4. The molecule has 2 aromatic rings. The molecule has 29 heavy (non-hydrogen) atoms. The highest BCUT2D eigenvalue weighted by Crippen LogP contribution is 2.37. The van der Waals surface area contributed by atoms with E-state index < -0.39 is 0 Å². The Labute approximate surface area is 177 Å². The van der Waals surface area contributed by atoms with Crippen molar-refractivity contribution in [2.45, 2.75) is 90.9 Å². The van der Waals surface area contributed by atoms with E-state index in [1.54, 1.807) is 0 Å². The molecule has 0 aliphatic heterocycles. The number of benzene rings is 2. The van der Waals surface area contributed by atoms with Crippen LogP contribution in [0.25, 0.3) is 0 Å². The lowest BCUT2D eigenvalue weighted by atomic mass is 9.78. The van der Waals surface area contributed by atoms with E-state index in [2.05, 4.69) is 65.8 Å². The zero-order valence-electron chi connectivity index (χ0n) is 19.2. The highest BCUT2D eigenvalue weighted by atomic mass is 16.1. The normalized spacial score (nSPS) is 20.5. The summed E-state index contributed by atoms with van der Waals surface area (Å²) in [5, 5.41) is 0. The number of hydrogen-bond donors (Lipinski definition) is 0. The van der Waals surface area contributed by atoms with Gasteiger partial charge in [0, 0.05) is 11.1 Å². The Bertz CT molecular complexity index is 853. The zero-order chi connectivity index (χ0) is 21.2. The number of carbonyl (C=O) groups excluding carboxylic acids is 1. The molecule has 0 radical (unpaired) electrons. The molecule has 0 aromatic heterocycles. The predicted octanol–water partition coefficient (Wildman–Crippen LogP) is 8.02. The summed E-state index contributed by atoms with van der Waals surface area (Å²) in [6.45, 7) is 13.3. The monoisotopic (exact) mass is 390 g/mol. The van der Waals surface area contributed by atoms with E-state index in [0.29, 0.717) is 11.8 Å². The van der Waals surface area contributed by atoms with Crippen molar-refractivity contribution >= 4 is 5.78 Å². The summed E-state index contributed by atoms with van der Waals surface area (Å²) >= 11 is 0. The van der Waals surface area contributed by atoms with E-state index in [0.717, 1.165) is 28.2 Å². The van der Waals surface area contributed by atoms with Crippen LogP contribution in [0.4, 0.5) is 0 Å². The molecule has 0 heterocycles. The van der Waals surface area contributed by atoms with E-state index in [4.69, 9.17) is 0 Å². The van der Waals surface area contributed by atoms with Gasteiger partial charge < -0.3 is 0 Å². The minimum atomic E-state index is -0.0612. The number of carbonyl (C=O) groups is 1. The molecule has 1 aliphatic rings. The van der Waals surface area contributed by atoms with Crippen LogP contribution in [-0.2, 0) is 5.41 Å². The molecule has 1 heteroatoms. The molecule has 1 fully saturated rings. The molecule has 3 rings (SSSR count). The van der Waals surface area contributed by atoms with E-state index in [9.17, 15) is 4.79 Å². The third-order valence-corrected chi connectivity index (χ3v) is 6.65. The summed E-state index contributed by atoms with van der Waals surface area (Å²) in [4.78, 5) is 13.8. The standard InChI is InChI=1S/C28H38O/c1-19(2)23-12-7-8-13-24(23)27(29)25-18-22(16-17-26(25)28(4,5)6)21-11-9-10-20(3)14-15-21/h7-8,12-13,16-21H,9-11,14-15H2,1-6H3. The molecule has 156 valence electrons. The first kappa shape index (κ1) is 21.8. The van der Waals surface area contributed by atoms with E-state index in [1.807, 2.05) is 18.2 Å². The smallest absolute Gasteiger partial charge is 0.193 e. The van der Waals surface area contributed by atoms with Crippen molar-refractivity contribution in [1.82, 2.24) is 0 Å². The molecule has 2 unspecified atom stereocenters. The van der Waals surface area contributed by atoms with Crippen LogP contribution in [-0.4, -0.2) is 5.78 Å². The van der Waals surface area contributed by atoms with Gasteiger partial charge in [0.15, 0.2) is 5.78 Å². The van der Waals surface area contributed by atoms with Crippen molar-refractivity contribution in [2.75, 3.05) is 0 Å². The molecular formula is C28H38O. The van der Waals surface area contributed by atoms with Crippen LogP contribution < -0.4 is 0 Å². The summed E-state index contributed by atoms with van der Waals surface area (Å²) in [7, 11) is 0. The van der Waals surface area contributed by atoms with Gasteiger partial charge in [-0.05, 0) is 58.8 Å². The highest BCUT2D eigenvalue weighted by Gasteiger charge is 2.26. The minimum Gasteiger partial charge on any atom is -0.289 e. The molecule has 0 saturated heterocycles. The molecule has 0 N–H and O–H groups in total. The average molecular weight is 391 g/mol. The summed E-state index contributed by atoms with van der Waals surface area (Å²) in [5.74, 6) is 1.93. The van der Waals surface area contributed by atoms with Crippen LogP contribution >= 0.6 is 0 Å². The quantitative estimate of drug-likeness (QED) is 0.381. The van der Waals surface area contributed by atoms with Crippen molar-refractivity contribution in [1.29, 1.82) is 0 Å². The molecule has 2 aromatic carbocycles. The molecule has 1 saturated carbocycles. The lowest BCUT2D eigenvalue weighted by molar-refractivity contribution is 0.103. The molecule has 1 nitrogen and oxygen atoms in total. The Morgan fingerprint density at radius 3 is 2.34 bits per heavy atom. The van der Waals surface area contributed by atoms with Crippen molar-refractivity contribution in [3.8, 4) is 0 Å². The first-order chi connectivity index (χ1) is 13.7. The third-order valence-electron chi connectivity index (χ3n) is 6.65. The fourth-order valence-corrected chi connectivity index (χ4v) is 4.83. The van der Waals surface area contributed by atoms with Gasteiger partial charge in [-0.3, -0.25) is 4.79 Å². The van der Waals surface area contributed by atoms with Crippen molar-refractivity contribution in [2.24, 2.45) is 5.92 Å². The van der Waals surface area contributed by atoms with Crippen molar-refractivity contribution in [3.05, 3.63) is 70.3 Å². The van der Waals surface area contributed by atoms with Gasteiger partial charge in [-0.1, -0.05) is 97.2 Å². The fraction of sp³-hybridized carbons (Fsp3) is 0.536. The van der Waals surface area contributed by atoms with Crippen LogP contribution in [0.5, 0.6) is 0 Å². The first-order valence-electron chi connectivity index (χ1n) is 11.5. The van der Waals surface area contributed by atoms with Gasteiger partial charge in [0.1, 0.15) is 0 Å². The van der Waals surface area contributed by atoms with Crippen molar-refractivity contribution < 1.29 is 4.79 Å². The van der Waals surface area contributed by atoms with Gasteiger partial charge in [-0.15, -0.1) is 0 Å². The van der Waals surface area contributed by atoms with E-state index in [1.165, 1.54) is 37.7 Å². The van der Waals surface area contributed by atoms with E-state index in [-0.39, 0.29) is 11.2 Å². The number of hydrogen-bond acceptors (Lipinski definition) is 1. The molecule has 1 aliphatic carbocycles. The van der Waals surface area contributed by atoms with Gasteiger partial charge in [0.2, 0.25) is 0 Å². The summed E-state index contributed by atoms with van der Waals surface area (Å²) in [6, 6.07) is 14.9. The van der Waals surface area contributed by atoms with Crippen LogP contribution in [0.15, 0.2) is 42.5 Å². The Kier molecular flexibility index (Phi) is 6.66. The molecule has 0 amide bonds. The van der Waals surface area contributed by atoms with Crippen LogP contribution in [0.3, 0.4) is 0 Å². The predicted molar refractivity (Wildman–Crippen MR) is 124 cm³/mol. The maximum Gasteiger partial charge on any atom is 0.193 e. The molecule has 0 spiro atoms. The Hall–Kier alpha value is -1.89. The van der Waals surface area contributed by atoms with Gasteiger partial charge >= 0.3 is 0 Å². The average Bonchev–Trinajstić information content (AvgIpc) is 2.90. The minimum absolute atomic E-state index is 0.0612. The Morgan fingerprint density at radius 2 is 1.66 bits per heavy atom. The van der Waals surface area contributed by atoms with Gasteiger partial charge in [0.05, 0.1) is 0 Å². The van der Waals surface area contributed by atoms with Crippen LogP contribution in [0, 0.1) is 5.92 Å². The first-order valence-corrected chi connectivity index (χ1v) is 11.5.